The van der Waals surface area contributed by atoms with Crippen LogP contribution in [0.5, 0.6) is 0 Å². The summed E-state index contributed by atoms with van der Waals surface area (Å²) in [6.07, 6.45) is 0. The van der Waals surface area contributed by atoms with Crippen LogP contribution in [0.3, 0.4) is 0 Å². The van der Waals surface area contributed by atoms with Crippen LogP contribution in [-0.2, 0) is 0 Å². The Morgan fingerprint density at radius 1 is 1.44 bits per heavy atom. The van der Waals surface area contributed by atoms with E-state index in [0.29, 0.717) is 17.8 Å². The van der Waals surface area contributed by atoms with E-state index in [1.165, 1.54) is 18.2 Å². The molecule has 0 aliphatic carbocycles. The summed E-state index contributed by atoms with van der Waals surface area (Å²) in [7, 11) is 0. The zero-order valence-electron chi connectivity index (χ0n) is 9.22. The van der Waals surface area contributed by atoms with Gasteiger partial charge in [-0.15, -0.1) is 0 Å². The molecule has 1 rings (SSSR count). The zero-order chi connectivity index (χ0) is 12.0. The topological polar surface area (TPSA) is 67.2 Å². The van der Waals surface area contributed by atoms with Crippen LogP contribution in [-0.4, -0.2) is 25.5 Å². The number of hydrogen-bond acceptors (Lipinski definition) is 3. The van der Waals surface area contributed by atoms with E-state index in [2.05, 4.69) is 10.6 Å². The van der Waals surface area contributed by atoms with Gasteiger partial charge in [-0.2, -0.15) is 0 Å². The van der Waals surface area contributed by atoms with Gasteiger partial charge in [-0.3, -0.25) is 4.79 Å². The molecule has 0 atom stereocenters. The van der Waals surface area contributed by atoms with Crippen molar-refractivity contribution >= 4 is 11.6 Å². The Balaban J connectivity index is 2.68. The second-order valence-corrected chi connectivity index (χ2v) is 3.33. The Morgan fingerprint density at radius 3 is 2.81 bits per heavy atom. The SMILES string of the molecule is CCNCCNc1cc(F)ccc1C(N)=O. The van der Waals surface area contributed by atoms with Crippen LogP contribution < -0.4 is 16.4 Å². The first kappa shape index (κ1) is 12.4. The van der Waals surface area contributed by atoms with Crippen LogP contribution in [0, 0.1) is 5.82 Å². The third-order valence-corrected chi connectivity index (χ3v) is 2.11. The summed E-state index contributed by atoms with van der Waals surface area (Å²) in [5.74, 6) is -0.957. The molecule has 1 aromatic carbocycles. The first-order valence-corrected chi connectivity index (χ1v) is 5.19. The van der Waals surface area contributed by atoms with E-state index in [4.69, 9.17) is 5.73 Å². The molecule has 0 aliphatic heterocycles. The Morgan fingerprint density at radius 2 is 2.19 bits per heavy atom. The van der Waals surface area contributed by atoms with Crippen molar-refractivity contribution in [3.8, 4) is 0 Å². The van der Waals surface area contributed by atoms with Crippen molar-refractivity contribution in [3.63, 3.8) is 0 Å². The number of carbonyl (C=O) groups excluding carboxylic acids is 1. The molecule has 0 unspecified atom stereocenters. The summed E-state index contributed by atoms with van der Waals surface area (Å²) >= 11 is 0. The molecule has 0 aromatic heterocycles. The lowest BCUT2D eigenvalue weighted by Crippen LogP contribution is -2.23. The van der Waals surface area contributed by atoms with Crippen LogP contribution in [0.2, 0.25) is 0 Å². The second-order valence-electron chi connectivity index (χ2n) is 3.33. The number of rotatable bonds is 6. The smallest absolute Gasteiger partial charge is 0.250 e. The fourth-order valence-corrected chi connectivity index (χ4v) is 1.34. The van der Waals surface area contributed by atoms with E-state index in [9.17, 15) is 9.18 Å². The van der Waals surface area contributed by atoms with Gasteiger partial charge in [0.15, 0.2) is 0 Å². The highest BCUT2D eigenvalue weighted by atomic mass is 19.1. The minimum absolute atomic E-state index is 0.304. The molecule has 0 aliphatic rings. The van der Waals surface area contributed by atoms with Crippen molar-refractivity contribution < 1.29 is 9.18 Å². The Bertz CT molecular complexity index is 368. The zero-order valence-corrected chi connectivity index (χ0v) is 9.22. The summed E-state index contributed by atoms with van der Waals surface area (Å²) in [6.45, 7) is 4.22. The molecule has 16 heavy (non-hydrogen) atoms. The molecule has 4 nitrogen and oxygen atoms in total. The number of benzene rings is 1. The molecule has 0 heterocycles. The van der Waals surface area contributed by atoms with Crippen molar-refractivity contribution in [2.75, 3.05) is 25.0 Å². The fraction of sp³-hybridized carbons (Fsp3) is 0.364. The van der Waals surface area contributed by atoms with Crippen molar-refractivity contribution in [1.82, 2.24) is 5.32 Å². The lowest BCUT2D eigenvalue weighted by Gasteiger charge is -2.10. The molecule has 4 N–H and O–H groups in total. The highest BCUT2D eigenvalue weighted by Crippen LogP contribution is 2.16. The molecule has 0 bridgehead atoms. The quantitative estimate of drug-likeness (QED) is 0.631. The number of primary amides is 1. The maximum atomic E-state index is 13.0. The molecule has 1 amide bonds. The van der Waals surface area contributed by atoms with Gasteiger partial charge in [-0.1, -0.05) is 6.92 Å². The number of carbonyl (C=O) groups is 1. The lowest BCUT2D eigenvalue weighted by atomic mass is 10.1. The van der Waals surface area contributed by atoms with Crippen molar-refractivity contribution in [1.29, 1.82) is 0 Å². The standard InChI is InChI=1S/C11H16FN3O/c1-2-14-5-6-15-10-7-8(12)3-4-9(10)11(13)16/h3-4,7,14-15H,2,5-6H2,1H3,(H2,13,16). The number of hydrogen-bond donors (Lipinski definition) is 3. The third kappa shape index (κ3) is 3.51. The van der Waals surface area contributed by atoms with Gasteiger partial charge in [-0.05, 0) is 24.7 Å². The Hall–Kier alpha value is -1.62. The van der Waals surface area contributed by atoms with Gasteiger partial charge in [0.05, 0.1) is 5.56 Å². The summed E-state index contributed by atoms with van der Waals surface area (Å²) < 4.78 is 13.0. The van der Waals surface area contributed by atoms with E-state index in [-0.39, 0.29) is 0 Å². The Kier molecular flexibility index (Phi) is 4.72. The number of likely N-dealkylation sites (N-methyl/N-ethyl adjacent to an activating group) is 1. The van der Waals surface area contributed by atoms with E-state index in [1.807, 2.05) is 6.92 Å². The van der Waals surface area contributed by atoms with E-state index >= 15 is 0 Å². The van der Waals surface area contributed by atoms with Gasteiger partial charge >= 0.3 is 0 Å². The average Bonchev–Trinajstić information content (AvgIpc) is 2.24. The van der Waals surface area contributed by atoms with Crippen molar-refractivity contribution in [2.24, 2.45) is 5.73 Å². The molecular weight excluding hydrogens is 209 g/mol. The number of anilines is 1. The van der Waals surface area contributed by atoms with E-state index in [1.54, 1.807) is 0 Å². The predicted octanol–water partition coefficient (Wildman–Crippen LogP) is 0.946. The van der Waals surface area contributed by atoms with Crippen molar-refractivity contribution in [3.05, 3.63) is 29.6 Å². The highest BCUT2D eigenvalue weighted by molar-refractivity contribution is 5.98. The van der Waals surface area contributed by atoms with Crippen LogP contribution in [0.15, 0.2) is 18.2 Å². The molecule has 0 saturated heterocycles. The highest BCUT2D eigenvalue weighted by Gasteiger charge is 2.08. The molecular formula is C11H16FN3O. The molecule has 5 heteroatoms. The minimum Gasteiger partial charge on any atom is -0.383 e. The van der Waals surface area contributed by atoms with Crippen LogP contribution in [0.1, 0.15) is 17.3 Å². The van der Waals surface area contributed by atoms with Gasteiger partial charge < -0.3 is 16.4 Å². The average molecular weight is 225 g/mol. The van der Waals surface area contributed by atoms with Gasteiger partial charge in [0.2, 0.25) is 0 Å². The third-order valence-electron chi connectivity index (χ3n) is 2.11. The van der Waals surface area contributed by atoms with Gasteiger partial charge in [0.1, 0.15) is 5.82 Å². The first-order valence-electron chi connectivity index (χ1n) is 5.19. The number of halogens is 1. The maximum Gasteiger partial charge on any atom is 0.250 e. The van der Waals surface area contributed by atoms with Crippen LogP contribution >= 0.6 is 0 Å². The molecule has 1 aromatic rings. The summed E-state index contributed by atoms with van der Waals surface area (Å²) in [6, 6.07) is 3.87. The number of nitrogens with one attached hydrogen (secondary N) is 2. The predicted molar refractivity (Wildman–Crippen MR) is 62.0 cm³/mol. The summed E-state index contributed by atoms with van der Waals surface area (Å²) in [4.78, 5) is 11.1. The van der Waals surface area contributed by atoms with Crippen LogP contribution in [0.4, 0.5) is 10.1 Å². The van der Waals surface area contributed by atoms with Gasteiger partial charge in [0.25, 0.3) is 5.91 Å². The molecule has 0 spiro atoms. The molecule has 88 valence electrons. The first-order chi connectivity index (χ1) is 7.65. The normalized spacial score (nSPS) is 10.1. The largest absolute Gasteiger partial charge is 0.383 e. The molecule has 0 fully saturated rings. The number of amides is 1. The van der Waals surface area contributed by atoms with Crippen molar-refractivity contribution in [2.45, 2.75) is 6.92 Å². The van der Waals surface area contributed by atoms with E-state index < -0.39 is 11.7 Å². The monoisotopic (exact) mass is 225 g/mol. The van der Waals surface area contributed by atoms with Gasteiger partial charge in [0, 0.05) is 18.8 Å². The number of nitrogens with two attached hydrogens (primary N) is 1. The Labute approximate surface area is 94.0 Å². The maximum absolute atomic E-state index is 13.0. The summed E-state index contributed by atoms with van der Waals surface area (Å²) in [5, 5.41) is 6.08. The van der Waals surface area contributed by atoms with E-state index in [0.717, 1.165) is 13.1 Å². The second kappa shape index (κ2) is 6.07. The molecule has 0 saturated carbocycles. The fourth-order valence-electron chi connectivity index (χ4n) is 1.34. The van der Waals surface area contributed by atoms with Crippen LogP contribution in [0.25, 0.3) is 0 Å². The lowest BCUT2D eigenvalue weighted by molar-refractivity contribution is 0.100. The minimum atomic E-state index is -0.564. The molecule has 0 radical (unpaired) electrons. The summed E-state index contributed by atoms with van der Waals surface area (Å²) in [5.41, 5.74) is 5.92. The van der Waals surface area contributed by atoms with Gasteiger partial charge in [-0.25, -0.2) is 4.39 Å².